The molecule has 1 aliphatic carbocycles. The van der Waals surface area contributed by atoms with Gasteiger partial charge in [0.2, 0.25) is 11.8 Å². The first-order valence-corrected chi connectivity index (χ1v) is 13.8. The van der Waals surface area contributed by atoms with E-state index in [1.165, 1.54) is 17.0 Å². The molecule has 3 amide bonds. The fraction of sp³-hybridized carbons (Fsp3) is 0.517. The van der Waals surface area contributed by atoms with Crippen molar-refractivity contribution in [1.29, 1.82) is 0 Å². The number of likely N-dealkylation sites (tertiary alicyclic amines) is 1. The molecule has 2 unspecified atom stereocenters. The Morgan fingerprint density at radius 1 is 1.02 bits per heavy atom. The standard InChI is InChI=1S/C29H31F3N4O4/c30-29(31,32)19-5-3-18(4-6-19)15-35-14-13-28(40,27(17-35)11-1-2-12-27)23-9-7-20-21(33-23)16-36(26(20)39)22-8-10-24(37)34-25(22)38/h3-7,9,22,40H,1-2,8,10-17H2,(H,34,37,38). The summed E-state index contributed by atoms with van der Waals surface area (Å²) in [5.74, 6) is -1.14. The van der Waals surface area contributed by atoms with E-state index in [2.05, 4.69) is 10.2 Å². The molecule has 212 valence electrons. The van der Waals surface area contributed by atoms with Crippen LogP contribution < -0.4 is 5.32 Å². The van der Waals surface area contributed by atoms with Gasteiger partial charge >= 0.3 is 6.18 Å². The second-order valence-electron chi connectivity index (χ2n) is 11.6. The third kappa shape index (κ3) is 4.49. The number of imide groups is 1. The number of hydrogen-bond donors (Lipinski definition) is 2. The molecule has 2 saturated heterocycles. The molecule has 1 aromatic heterocycles. The molecular weight excluding hydrogens is 525 g/mol. The van der Waals surface area contributed by atoms with Crippen LogP contribution in [0.25, 0.3) is 0 Å². The van der Waals surface area contributed by atoms with Gasteiger partial charge in [0, 0.05) is 31.5 Å². The number of carbonyl (C=O) groups is 3. The van der Waals surface area contributed by atoms with Gasteiger partial charge in [0.05, 0.1) is 29.1 Å². The Balaban J connectivity index is 1.22. The first-order chi connectivity index (χ1) is 19.0. The van der Waals surface area contributed by atoms with E-state index in [0.717, 1.165) is 43.4 Å². The lowest BCUT2D eigenvalue weighted by atomic mass is 9.64. The fourth-order valence-electron chi connectivity index (χ4n) is 7.10. The zero-order chi connectivity index (χ0) is 28.3. The smallest absolute Gasteiger partial charge is 0.383 e. The molecule has 4 heterocycles. The number of piperidine rings is 2. The van der Waals surface area contributed by atoms with Gasteiger partial charge in [-0.3, -0.25) is 29.6 Å². The minimum atomic E-state index is -4.37. The number of benzene rings is 1. The van der Waals surface area contributed by atoms with Crippen molar-refractivity contribution in [3.05, 3.63) is 64.5 Å². The van der Waals surface area contributed by atoms with Crippen molar-refractivity contribution in [3.63, 3.8) is 0 Å². The third-order valence-corrected chi connectivity index (χ3v) is 9.24. The lowest BCUT2D eigenvalue weighted by Crippen LogP contribution is -2.57. The number of alkyl halides is 3. The van der Waals surface area contributed by atoms with Gasteiger partial charge in [-0.15, -0.1) is 0 Å². The highest BCUT2D eigenvalue weighted by atomic mass is 19.4. The van der Waals surface area contributed by atoms with Crippen molar-refractivity contribution in [3.8, 4) is 0 Å². The van der Waals surface area contributed by atoms with E-state index in [1.807, 2.05) is 0 Å². The molecule has 40 heavy (non-hydrogen) atoms. The van der Waals surface area contributed by atoms with E-state index in [1.54, 1.807) is 12.1 Å². The van der Waals surface area contributed by atoms with Crippen molar-refractivity contribution in [2.24, 2.45) is 5.41 Å². The zero-order valence-corrected chi connectivity index (χ0v) is 22.0. The van der Waals surface area contributed by atoms with Crippen molar-refractivity contribution in [2.75, 3.05) is 13.1 Å². The summed E-state index contributed by atoms with van der Waals surface area (Å²) in [6.07, 6.45) is -0.0172. The van der Waals surface area contributed by atoms with E-state index < -0.39 is 34.7 Å². The molecule has 2 atom stereocenters. The van der Waals surface area contributed by atoms with E-state index in [0.29, 0.717) is 43.0 Å². The molecule has 0 bridgehead atoms. The Morgan fingerprint density at radius 3 is 2.42 bits per heavy atom. The quantitative estimate of drug-likeness (QED) is 0.559. The number of fused-ring (bicyclic) bond motifs is 1. The zero-order valence-electron chi connectivity index (χ0n) is 22.0. The maximum Gasteiger partial charge on any atom is 0.416 e. The fourth-order valence-corrected chi connectivity index (χ4v) is 7.10. The molecule has 1 spiro atoms. The molecule has 11 heteroatoms. The summed E-state index contributed by atoms with van der Waals surface area (Å²) in [4.78, 5) is 45.6. The summed E-state index contributed by atoms with van der Waals surface area (Å²) in [5, 5.41) is 14.6. The van der Waals surface area contributed by atoms with Crippen LogP contribution in [0.3, 0.4) is 0 Å². The SMILES string of the molecule is O=C1CCC(N2Cc3nc(C4(O)CCN(Cc5ccc(C(F)(F)F)cc5)CC45CCCC5)ccc3C2=O)C(=O)N1. The van der Waals surface area contributed by atoms with E-state index >= 15 is 0 Å². The van der Waals surface area contributed by atoms with Gasteiger partial charge in [-0.05, 0) is 55.5 Å². The average molecular weight is 557 g/mol. The van der Waals surface area contributed by atoms with Crippen molar-refractivity contribution >= 4 is 17.7 Å². The molecule has 1 saturated carbocycles. The molecule has 3 aliphatic heterocycles. The number of nitrogens with one attached hydrogen (secondary N) is 1. The van der Waals surface area contributed by atoms with E-state index in [-0.39, 0.29) is 31.2 Å². The molecule has 8 nitrogen and oxygen atoms in total. The third-order valence-electron chi connectivity index (χ3n) is 9.24. The van der Waals surface area contributed by atoms with Gasteiger partial charge in [0.25, 0.3) is 5.91 Å². The minimum Gasteiger partial charge on any atom is -0.383 e. The number of rotatable bonds is 4. The van der Waals surface area contributed by atoms with Crippen LogP contribution in [0.5, 0.6) is 0 Å². The normalized spacial score (nSPS) is 26.9. The Bertz CT molecular complexity index is 1360. The molecule has 3 fully saturated rings. The Kier molecular flexibility index (Phi) is 6.49. The number of hydrogen-bond acceptors (Lipinski definition) is 6. The molecule has 4 aliphatic rings. The lowest BCUT2D eigenvalue weighted by Gasteiger charge is -2.52. The first kappa shape index (κ1) is 26.9. The molecular formula is C29H31F3N4O4. The topological polar surface area (TPSA) is 103 Å². The van der Waals surface area contributed by atoms with Crippen molar-refractivity contribution in [2.45, 2.75) is 75.9 Å². The van der Waals surface area contributed by atoms with Gasteiger partial charge in [-0.25, -0.2) is 0 Å². The highest BCUT2D eigenvalue weighted by molar-refractivity contribution is 6.05. The first-order valence-electron chi connectivity index (χ1n) is 13.8. The monoisotopic (exact) mass is 556 g/mol. The summed E-state index contributed by atoms with van der Waals surface area (Å²) in [5.41, 5.74) is -0.147. The average Bonchev–Trinajstić information content (AvgIpc) is 3.51. The van der Waals surface area contributed by atoms with Gasteiger partial charge in [0.1, 0.15) is 11.6 Å². The maximum atomic E-state index is 13.1. The van der Waals surface area contributed by atoms with Crippen LogP contribution >= 0.6 is 0 Å². The van der Waals surface area contributed by atoms with Crippen molar-refractivity contribution < 1.29 is 32.7 Å². The van der Waals surface area contributed by atoms with Crippen LogP contribution in [0.15, 0.2) is 36.4 Å². The Labute approximate surface area is 229 Å². The Hall–Kier alpha value is -3.31. The Morgan fingerprint density at radius 2 is 1.75 bits per heavy atom. The summed E-state index contributed by atoms with van der Waals surface area (Å²) < 4.78 is 38.9. The molecule has 1 aromatic carbocycles. The van der Waals surface area contributed by atoms with Gasteiger partial charge in [-0.1, -0.05) is 25.0 Å². The molecule has 6 rings (SSSR count). The van der Waals surface area contributed by atoms with Crippen LogP contribution in [0.1, 0.15) is 77.8 Å². The molecule has 0 radical (unpaired) electrons. The van der Waals surface area contributed by atoms with Crippen LogP contribution in [-0.2, 0) is 34.5 Å². The largest absolute Gasteiger partial charge is 0.416 e. The summed E-state index contributed by atoms with van der Waals surface area (Å²) in [7, 11) is 0. The summed E-state index contributed by atoms with van der Waals surface area (Å²) >= 11 is 0. The highest BCUT2D eigenvalue weighted by Gasteiger charge is 2.56. The number of carbonyl (C=O) groups excluding carboxylic acids is 3. The van der Waals surface area contributed by atoms with Gasteiger partial charge in [0.15, 0.2) is 0 Å². The maximum absolute atomic E-state index is 13.1. The molecule has 2 aromatic rings. The van der Waals surface area contributed by atoms with Crippen LogP contribution in [0, 0.1) is 5.41 Å². The number of pyridine rings is 1. The number of nitrogens with zero attached hydrogens (tertiary/aromatic N) is 3. The van der Waals surface area contributed by atoms with Crippen LogP contribution in [-0.4, -0.2) is 56.7 Å². The number of amides is 3. The lowest BCUT2D eigenvalue weighted by molar-refractivity contribution is -0.144. The summed E-state index contributed by atoms with van der Waals surface area (Å²) in [6, 6.07) is 7.90. The minimum absolute atomic E-state index is 0.136. The van der Waals surface area contributed by atoms with Crippen molar-refractivity contribution in [1.82, 2.24) is 20.1 Å². The van der Waals surface area contributed by atoms with Gasteiger partial charge < -0.3 is 10.0 Å². The molecule has 2 N–H and O–H groups in total. The van der Waals surface area contributed by atoms with E-state index in [9.17, 15) is 32.7 Å². The predicted octanol–water partition coefficient (Wildman–Crippen LogP) is 3.52. The van der Waals surface area contributed by atoms with Gasteiger partial charge in [-0.2, -0.15) is 13.2 Å². The second-order valence-corrected chi connectivity index (χ2v) is 11.6. The van der Waals surface area contributed by atoms with Crippen LogP contribution in [0.2, 0.25) is 0 Å². The summed E-state index contributed by atoms with van der Waals surface area (Å²) in [6.45, 7) is 1.75. The predicted molar refractivity (Wildman–Crippen MR) is 136 cm³/mol. The number of aromatic nitrogens is 1. The van der Waals surface area contributed by atoms with E-state index in [4.69, 9.17) is 4.98 Å². The second kappa shape index (κ2) is 9.66. The number of halogens is 3. The van der Waals surface area contributed by atoms with Crippen LogP contribution in [0.4, 0.5) is 13.2 Å². The highest BCUT2D eigenvalue weighted by Crippen LogP contribution is 2.55. The number of aliphatic hydroxyl groups is 1.